The Hall–Kier alpha value is -0.570. The summed E-state index contributed by atoms with van der Waals surface area (Å²) in [4.78, 5) is 14.7. The van der Waals surface area contributed by atoms with E-state index in [1.807, 2.05) is 0 Å². The Morgan fingerprint density at radius 1 is 1.11 bits per heavy atom. The van der Waals surface area contributed by atoms with Crippen LogP contribution < -0.4 is 5.32 Å². The quantitative estimate of drug-likeness (QED) is 0.819. The Morgan fingerprint density at radius 3 is 2.39 bits per heavy atom. The topological polar surface area (TPSA) is 32.3 Å². The minimum Gasteiger partial charge on any atom is -0.337 e. The molecule has 2 rings (SSSR count). The van der Waals surface area contributed by atoms with E-state index >= 15 is 0 Å². The van der Waals surface area contributed by atoms with Gasteiger partial charge in [0.1, 0.15) is 0 Å². The molecule has 0 radical (unpaired) electrons. The zero-order valence-corrected chi connectivity index (χ0v) is 12.1. The summed E-state index contributed by atoms with van der Waals surface area (Å²) in [6.45, 7) is 7.75. The summed E-state index contributed by atoms with van der Waals surface area (Å²) in [5.74, 6) is 0.999. The van der Waals surface area contributed by atoms with Gasteiger partial charge in [0.25, 0.3) is 0 Å². The summed E-state index contributed by atoms with van der Waals surface area (Å²) in [5, 5.41) is 3.52. The van der Waals surface area contributed by atoms with Gasteiger partial charge in [0, 0.05) is 24.5 Å². The second-order valence-corrected chi connectivity index (χ2v) is 6.31. The number of nitrogens with zero attached hydrogens (tertiary/aromatic N) is 1. The first-order valence-electron chi connectivity index (χ1n) is 7.64. The van der Waals surface area contributed by atoms with Crippen LogP contribution in [0.15, 0.2) is 0 Å². The van der Waals surface area contributed by atoms with Crippen molar-refractivity contribution in [2.45, 2.75) is 77.4 Å². The molecule has 3 heteroatoms. The Morgan fingerprint density at radius 2 is 1.78 bits per heavy atom. The molecule has 2 fully saturated rings. The van der Waals surface area contributed by atoms with Gasteiger partial charge in [0.05, 0.1) is 0 Å². The SMILES string of the molecule is CC1CCCNC1CC(=O)N1[C@H](C)CCC[C@@H]1C. The van der Waals surface area contributed by atoms with Crippen molar-refractivity contribution >= 4 is 5.91 Å². The van der Waals surface area contributed by atoms with Crippen molar-refractivity contribution in [2.75, 3.05) is 6.54 Å². The number of hydrogen-bond donors (Lipinski definition) is 1. The van der Waals surface area contributed by atoms with E-state index in [0.717, 1.165) is 6.54 Å². The summed E-state index contributed by atoms with van der Waals surface area (Å²) in [6, 6.07) is 1.26. The average Bonchev–Trinajstić information content (AvgIpc) is 2.32. The third-order valence-electron chi connectivity index (χ3n) is 4.81. The van der Waals surface area contributed by atoms with Crippen LogP contribution >= 0.6 is 0 Å². The Bertz CT molecular complexity index is 282. The standard InChI is InChI=1S/C15H28N2O/c1-11-6-5-9-16-14(11)10-15(18)17-12(2)7-4-8-13(17)3/h11-14,16H,4-10H2,1-3H3/t11?,12-,13+,14?. The van der Waals surface area contributed by atoms with Crippen LogP contribution in [0.5, 0.6) is 0 Å². The number of piperidine rings is 2. The lowest BCUT2D eigenvalue weighted by molar-refractivity contribution is -0.138. The van der Waals surface area contributed by atoms with Crippen molar-refractivity contribution in [3.05, 3.63) is 0 Å². The first-order chi connectivity index (χ1) is 8.59. The van der Waals surface area contributed by atoms with Crippen LogP contribution in [0, 0.1) is 5.92 Å². The normalized spacial score (nSPS) is 37.6. The summed E-state index contributed by atoms with van der Waals surface area (Å²) in [7, 11) is 0. The number of likely N-dealkylation sites (tertiary alicyclic amines) is 1. The van der Waals surface area contributed by atoms with Crippen LogP contribution in [0.3, 0.4) is 0 Å². The Labute approximate surface area is 111 Å². The molecule has 2 aliphatic rings. The first-order valence-corrected chi connectivity index (χ1v) is 7.64. The van der Waals surface area contributed by atoms with E-state index < -0.39 is 0 Å². The van der Waals surface area contributed by atoms with Crippen LogP contribution in [0.4, 0.5) is 0 Å². The third kappa shape index (κ3) is 3.05. The molecule has 104 valence electrons. The van der Waals surface area contributed by atoms with Crippen LogP contribution in [0.25, 0.3) is 0 Å². The number of carbonyl (C=O) groups is 1. The maximum absolute atomic E-state index is 12.5. The van der Waals surface area contributed by atoms with Crippen LogP contribution in [-0.4, -0.2) is 35.5 Å². The van der Waals surface area contributed by atoms with Crippen molar-refractivity contribution in [2.24, 2.45) is 5.92 Å². The van der Waals surface area contributed by atoms with Gasteiger partial charge in [-0.2, -0.15) is 0 Å². The average molecular weight is 252 g/mol. The minimum absolute atomic E-state index is 0.362. The molecular weight excluding hydrogens is 224 g/mol. The van der Waals surface area contributed by atoms with E-state index in [1.54, 1.807) is 0 Å². The molecule has 2 aliphatic heterocycles. The summed E-state index contributed by atoms with van der Waals surface area (Å²) >= 11 is 0. The van der Waals surface area contributed by atoms with E-state index in [-0.39, 0.29) is 0 Å². The molecule has 0 spiro atoms. The highest BCUT2D eigenvalue weighted by atomic mass is 16.2. The lowest BCUT2D eigenvalue weighted by Crippen LogP contribution is -2.51. The molecular formula is C15H28N2O. The Kier molecular flexibility index (Phi) is 4.66. The van der Waals surface area contributed by atoms with Gasteiger partial charge in [0.2, 0.25) is 5.91 Å². The molecule has 2 saturated heterocycles. The van der Waals surface area contributed by atoms with Gasteiger partial charge in [-0.05, 0) is 58.4 Å². The van der Waals surface area contributed by atoms with E-state index in [2.05, 4.69) is 31.0 Å². The maximum Gasteiger partial charge on any atom is 0.224 e. The molecule has 3 nitrogen and oxygen atoms in total. The summed E-state index contributed by atoms with van der Waals surface area (Å²) < 4.78 is 0. The lowest BCUT2D eigenvalue weighted by Gasteiger charge is -2.40. The van der Waals surface area contributed by atoms with Crippen molar-refractivity contribution in [3.8, 4) is 0 Å². The van der Waals surface area contributed by atoms with Gasteiger partial charge in [-0.25, -0.2) is 0 Å². The van der Waals surface area contributed by atoms with Crippen LogP contribution in [-0.2, 0) is 4.79 Å². The number of carbonyl (C=O) groups excluding carboxylic acids is 1. The van der Waals surface area contributed by atoms with Gasteiger partial charge in [-0.15, -0.1) is 0 Å². The van der Waals surface area contributed by atoms with Crippen molar-refractivity contribution < 1.29 is 4.79 Å². The van der Waals surface area contributed by atoms with E-state index in [9.17, 15) is 4.79 Å². The van der Waals surface area contributed by atoms with Crippen molar-refractivity contribution in [1.82, 2.24) is 10.2 Å². The summed E-state index contributed by atoms with van der Waals surface area (Å²) in [5.41, 5.74) is 0. The third-order valence-corrected chi connectivity index (χ3v) is 4.81. The van der Waals surface area contributed by atoms with Gasteiger partial charge >= 0.3 is 0 Å². The molecule has 4 atom stereocenters. The van der Waals surface area contributed by atoms with Crippen molar-refractivity contribution in [1.29, 1.82) is 0 Å². The van der Waals surface area contributed by atoms with Gasteiger partial charge < -0.3 is 10.2 Å². The molecule has 0 saturated carbocycles. The largest absolute Gasteiger partial charge is 0.337 e. The fourth-order valence-electron chi connectivity index (χ4n) is 3.59. The molecule has 0 aromatic carbocycles. The highest BCUT2D eigenvalue weighted by molar-refractivity contribution is 5.77. The Balaban J connectivity index is 1.93. The van der Waals surface area contributed by atoms with Crippen molar-refractivity contribution in [3.63, 3.8) is 0 Å². The fraction of sp³-hybridized carbons (Fsp3) is 0.933. The molecule has 0 bridgehead atoms. The second kappa shape index (κ2) is 6.05. The fourth-order valence-corrected chi connectivity index (χ4v) is 3.59. The molecule has 0 aromatic heterocycles. The molecule has 1 amide bonds. The highest BCUT2D eigenvalue weighted by Gasteiger charge is 2.31. The van der Waals surface area contributed by atoms with Gasteiger partial charge in [-0.3, -0.25) is 4.79 Å². The minimum atomic E-state index is 0.362. The number of hydrogen-bond acceptors (Lipinski definition) is 2. The van der Waals surface area contributed by atoms with Gasteiger partial charge in [-0.1, -0.05) is 6.92 Å². The lowest BCUT2D eigenvalue weighted by atomic mass is 9.89. The number of nitrogens with one attached hydrogen (secondary N) is 1. The van der Waals surface area contributed by atoms with E-state index in [0.29, 0.717) is 36.4 Å². The first kappa shape index (κ1) is 13.9. The number of amides is 1. The van der Waals surface area contributed by atoms with E-state index in [1.165, 1.54) is 32.1 Å². The van der Waals surface area contributed by atoms with Gasteiger partial charge in [0.15, 0.2) is 0 Å². The molecule has 1 N–H and O–H groups in total. The molecule has 0 aliphatic carbocycles. The molecule has 18 heavy (non-hydrogen) atoms. The van der Waals surface area contributed by atoms with Crippen LogP contribution in [0.2, 0.25) is 0 Å². The zero-order valence-electron chi connectivity index (χ0n) is 12.1. The smallest absolute Gasteiger partial charge is 0.224 e. The predicted octanol–water partition coefficient (Wildman–Crippen LogP) is 2.55. The monoisotopic (exact) mass is 252 g/mol. The maximum atomic E-state index is 12.5. The molecule has 0 aromatic rings. The zero-order chi connectivity index (χ0) is 13.1. The highest BCUT2D eigenvalue weighted by Crippen LogP contribution is 2.25. The second-order valence-electron chi connectivity index (χ2n) is 6.31. The summed E-state index contributed by atoms with van der Waals surface area (Å²) in [6.07, 6.45) is 6.81. The number of rotatable bonds is 2. The predicted molar refractivity (Wildman–Crippen MR) is 74.4 cm³/mol. The molecule has 2 unspecified atom stereocenters. The van der Waals surface area contributed by atoms with E-state index in [4.69, 9.17) is 0 Å². The van der Waals surface area contributed by atoms with Crippen LogP contribution in [0.1, 0.15) is 59.3 Å². The molecule has 2 heterocycles.